The van der Waals surface area contributed by atoms with E-state index < -0.39 is 4.92 Å². The number of rotatable bonds is 7. The summed E-state index contributed by atoms with van der Waals surface area (Å²) in [5, 5.41) is 18.0. The van der Waals surface area contributed by atoms with Gasteiger partial charge < -0.3 is 10.2 Å². The second-order valence-electron chi connectivity index (χ2n) is 4.67. The first-order valence-corrected chi connectivity index (χ1v) is 6.45. The molecule has 1 amide bonds. The highest BCUT2D eigenvalue weighted by molar-refractivity contribution is 5.75. The Morgan fingerprint density at radius 2 is 2.15 bits per heavy atom. The molecule has 0 aliphatic rings. The zero-order chi connectivity index (χ0) is 15.3. The minimum Gasteiger partial charge on any atom is -0.344 e. The van der Waals surface area contributed by atoms with Crippen LogP contribution in [-0.4, -0.2) is 52.7 Å². The van der Waals surface area contributed by atoms with Crippen molar-refractivity contribution >= 4 is 11.6 Å². The van der Waals surface area contributed by atoms with Gasteiger partial charge in [-0.1, -0.05) is 0 Å². The highest BCUT2D eigenvalue weighted by Gasteiger charge is 2.22. The third kappa shape index (κ3) is 3.77. The molecule has 0 fully saturated rings. The van der Waals surface area contributed by atoms with E-state index >= 15 is 0 Å². The lowest BCUT2D eigenvalue weighted by atomic mass is 10.3. The summed E-state index contributed by atoms with van der Waals surface area (Å²) in [6.07, 6.45) is 0.277. The van der Waals surface area contributed by atoms with Gasteiger partial charge >= 0.3 is 5.69 Å². The average Bonchev–Trinajstić information content (AvgIpc) is 2.67. The number of aryl methyl sites for hydroxylation is 2. The fourth-order valence-electron chi connectivity index (χ4n) is 1.97. The molecule has 0 saturated heterocycles. The van der Waals surface area contributed by atoms with Crippen molar-refractivity contribution in [1.82, 2.24) is 20.0 Å². The van der Waals surface area contributed by atoms with Gasteiger partial charge in [-0.15, -0.1) is 0 Å². The van der Waals surface area contributed by atoms with Gasteiger partial charge in [-0.3, -0.25) is 19.6 Å². The van der Waals surface area contributed by atoms with E-state index in [1.165, 1.54) is 4.68 Å². The van der Waals surface area contributed by atoms with Gasteiger partial charge in [-0.2, -0.15) is 5.10 Å². The van der Waals surface area contributed by atoms with E-state index in [4.69, 9.17) is 0 Å². The lowest BCUT2D eigenvalue weighted by Gasteiger charge is -2.16. The van der Waals surface area contributed by atoms with Crippen molar-refractivity contribution in [2.45, 2.75) is 26.8 Å². The maximum absolute atomic E-state index is 11.9. The minimum absolute atomic E-state index is 0.00421. The van der Waals surface area contributed by atoms with Crippen LogP contribution in [0.1, 0.15) is 17.8 Å². The Kier molecular flexibility index (Phi) is 5.63. The summed E-state index contributed by atoms with van der Waals surface area (Å²) < 4.78 is 1.53. The van der Waals surface area contributed by atoms with Crippen molar-refractivity contribution in [3.8, 4) is 0 Å². The number of carbonyl (C=O) groups is 1. The van der Waals surface area contributed by atoms with Gasteiger partial charge in [0.2, 0.25) is 5.91 Å². The Bertz CT molecular complexity index is 498. The second kappa shape index (κ2) is 6.99. The number of hydrogen-bond donors (Lipinski definition) is 1. The first-order valence-electron chi connectivity index (χ1n) is 6.45. The predicted octanol–water partition coefficient (Wildman–Crippen LogP) is 0.476. The fourth-order valence-corrected chi connectivity index (χ4v) is 1.97. The number of amides is 1. The summed E-state index contributed by atoms with van der Waals surface area (Å²) in [6.45, 7) is 4.96. The fraction of sp³-hybridized carbons (Fsp3) is 0.667. The van der Waals surface area contributed by atoms with Gasteiger partial charge in [-0.25, -0.2) is 0 Å². The summed E-state index contributed by atoms with van der Waals surface area (Å²) in [6, 6.07) is 0. The van der Waals surface area contributed by atoms with Crippen molar-refractivity contribution in [1.29, 1.82) is 0 Å². The van der Waals surface area contributed by atoms with E-state index in [1.54, 1.807) is 25.8 Å². The lowest BCUT2D eigenvalue weighted by molar-refractivity contribution is -0.386. The van der Waals surface area contributed by atoms with Crippen LogP contribution in [0, 0.1) is 24.0 Å². The van der Waals surface area contributed by atoms with E-state index in [9.17, 15) is 14.9 Å². The van der Waals surface area contributed by atoms with Crippen molar-refractivity contribution in [3.05, 3.63) is 21.5 Å². The van der Waals surface area contributed by atoms with Crippen LogP contribution < -0.4 is 5.32 Å². The predicted molar refractivity (Wildman–Crippen MR) is 74.5 cm³/mol. The number of hydrogen-bond acceptors (Lipinski definition) is 5. The first-order chi connectivity index (χ1) is 9.38. The highest BCUT2D eigenvalue weighted by atomic mass is 16.6. The third-order valence-electron chi connectivity index (χ3n) is 3.19. The van der Waals surface area contributed by atoms with E-state index in [2.05, 4.69) is 10.4 Å². The minimum atomic E-state index is -0.435. The number of nitrogens with zero attached hydrogens (tertiary/aromatic N) is 4. The Hall–Kier alpha value is -1.96. The summed E-state index contributed by atoms with van der Waals surface area (Å²) in [5.74, 6) is -0.00421. The SMILES string of the molecule is CNCCN(C)C(=O)CCn1nc(C)c([N+](=O)[O-])c1C. The first kappa shape index (κ1) is 16.1. The molecule has 0 atom stereocenters. The van der Waals surface area contributed by atoms with Gasteiger partial charge in [-0.05, 0) is 20.9 Å². The highest BCUT2D eigenvalue weighted by Crippen LogP contribution is 2.21. The number of aromatic nitrogens is 2. The van der Waals surface area contributed by atoms with E-state index in [0.29, 0.717) is 24.5 Å². The van der Waals surface area contributed by atoms with E-state index in [-0.39, 0.29) is 18.0 Å². The molecule has 8 heteroatoms. The second-order valence-corrected chi connectivity index (χ2v) is 4.67. The Balaban J connectivity index is 2.64. The molecule has 0 bridgehead atoms. The molecular formula is C12H21N5O3. The Labute approximate surface area is 117 Å². The quantitative estimate of drug-likeness (QED) is 0.580. The van der Waals surface area contributed by atoms with Crippen molar-refractivity contribution in [3.63, 3.8) is 0 Å². The molecule has 112 valence electrons. The topological polar surface area (TPSA) is 93.3 Å². The number of nitrogens with one attached hydrogen (secondary N) is 1. The Morgan fingerprint density at radius 1 is 1.50 bits per heavy atom. The van der Waals surface area contributed by atoms with Crippen LogP contribution in [0.4, 0.5) is 5.69 Å². The molecule has 0 radical (unpaired) electrons. The molecule has 1 aromatic rings. The van der Waals surface area contributed by atoms with Crippen LogP contribution in [0.25, 0.3) is 0 Å². The molecule has 8 nitrogen and oxygen atoms in total. The molecule has 0 saturated carbocycles. The standard InChI is InChI=1S/C12H21N5O3/c1-9-12(17(19)20)10(2)16(14-9)7-5-11(18)15(4)8-6-13-3/h13H,5-8H2,1-4H3. The van der Waals surface area contributed by atoms with E-state index in [0.717, 1.165) is 6.54 Å². The van der Waals surface area contributed by atoms with Crippen LogP contribution in [0.3, 0.4) is 0 Å². The molecule has 1 rings (SSSR count). The number of nitro groups is 1. The largest absolute Gasteiger partial charge is 0.344 e. The van der Waals surface area contributed by atoms with Crippen LogP contribution in [0.2, 0.25) is 0 Å². The van der Waals surface area contributed by atoms with Gasteiger partial charge in [0.1, 0.15) is 11.4 Å². The van der Waals surface area contributed by atoms with Crippen molar-refractivity contribution in [2.24, 2.45) is 0 Å². The lowest BCUT2D eigenvalue weighted by Crippen LogP contribution is -2.33. The van der Waals surface area contributed by atoms with Crippen LogP contribution in [-0.2, 0) is 11.3 Å². The molecule has 1 aromatic heterocycles. The number of carbonyl (C=O) groups excluding carboxylic acids is 1. The summed E-state index contributed by atoms with van der Waals surface area (Å²) in [4.78, 5) is 24.0. The molecule has 0 aliphatic carbocycles. The van der Waals surface area contributed by atoms with Gasteiger partial charge in [0.25, 0.3) is 0 Å². The zero-order valence-corrected chi connectivity index (χ0v) is 12.3. The van der Waals surface area contributed by atoms with Gasteiger partial charge in [0.15, 0.2) is 0 Å². The smallest absolute Gasteiger partial charge is 0.312 e. The normalized spacial score (nSPS) is 10.6. The summed E-state index contributed by atoms with van der Waals surface area (Å²) in [5.41, 5.74) is 0.891. The number of likely N-dealkylation sites (N-methyl/N-ethyl adjacent to an activating group) is 2. The molecule has 0 unspecified atom stereocenters. The molecule has 1 heterocycles. The molecule has 0 aliphatic heterocycles. The molecule has 20 heavy (non-hydrogen) atoms. The van der Waals surface area contributed by atoms with Crippen molar-refractivity contribution in [2.75, 3.05) is 27.2 Å². The maximum atomic E-state index is 11.9. The van der Waals surface area contributed by atoms with Crippen LogP contribution in [0.15, 0.2) is 0 Å². The molecular weight excluding hydrogens is 262 g/mol. The average molecular weight is 283 g/mol. The zero-order valence-electron chi connectivity index (χ0n) is 12.3. The van der Waals surface area contributed by atoms with Crippen LogP contribution in [0.5, 0.6) is 0 Å². The summed E-state index contributed by atoms with van der Waals surface area (Å²) >= 11 is 0. The third-order valence-corrected chi connectivity index (χ3v) is 3.19. The van der Waals surface area contributed by atoms with Gasteiger partial charge in [0.05, 0.1) is 11.5 Å². The monoisotopic (exact) mass is 283 g/mol. The molecule has 0 spiro atoms. The van der Waals surface area contributed by atoms with Crippen LogP contribution >= 0.6 is 0 Å². The molecule has 1 N–H and O–H groups in total. The summed E-state index contributed by atoms with van der Waals surface area (Å²) in [7, 11) is 3.57. The van der Waals surface area contributed by atoms with E-state index in [1.807, 2.05) is 7.05 Å². The van der Waals surface area contributed by atoms with Gasteiger partial charge in [0, 0.05) is 26.6 Å². The molecule has 0 aromatic carbocycles. The van der Waals surface area contributed by atoms with Crippen molar-refractivity contribution < 1.29 is 9.72 Å². The Morgan fingerprint density at radius 3 is 2.65 bits per heavy atom. The maximum Gasteiger partial charge on any atom is 0.312 e.